The Balaban J connectivity index is 1.55. The van der Waals surface area contributed by atoms with E-state index in [9.17, 15) is 0 Å². The van der Waals surface area contributed by atoms with Crippen LogP contribution in [0.25, 0.3) is 5.57 Å². The van der Waals surface area contributed by atoms with Gasteiger partial charge in [-0.15, -0.1) is 0 Å². The first-order valence-corrected chi connectivity index (χ1v) is 7.70. The second-order valence-electron chi connectivity index (χ2n) is 5.63. The minimum atomic E-state index is -0.447. The van der Waals surface area contributed by atoms with E-state index >= 15 is 0 Å². The Labute approximate surface area is 130 Å². The molecule has 1 fully saturated rings. The van der Waals surface area contributed by atoms with Crippen LogP contribution in [0.3, 0.4) is 0 Å². The molecule has 22 heavy (non-hydrogen) atoms. The summed E-state index contributed by atoms with van der Waals surface area (Å²) in [5, 5.41) is 0. The number of hydrogen-bond acceptors (Lipinski definition) is 3. The van der Waals surface area contributed by atoms with Gasteiger partial charge in [0.15, 0.2) is 0 Å². The molecule has 0 bridgehead atoms. The maximum Gasteiger partial charge on any atom is 0.217 e. The zero-order valence-corrected chi connectivity index (χ0v) is 12.2. The fourth-order valence-electron chi connectivity index (χ4n) is 3.07. The number of fused-ring (bicyclic) bond motifs is 1. The van der Waals surface area contributed by atoms with Crippen LogP contribution >= 0.6 is 0 Å². The second kappa shape index (κ2) is 6.05. The fraction of sp³-hybridized carbons (Fsp3) is 0.263. The van der Waals surface area contributed by atoms with Crippen molar-refractivity contribution in [1.29, 1.82) is 0 Å². The molecule has 0 spiro atoms. The predicted octanol–water partition coefficient (Wildman–Crippen LogP) is 4.28. The molecule has 0 N–H and O–H groups in total. The first-order chi connectivity index (χ1) is 10.9. The summed E-state index contributed by atoms with van der Waals surface area (Å²) in [5.74, 6) is 0. The van der Waals surface area contributed by atoms with Crippen molar-refractivity contribution < 1.29 is 14.5 Å². The predicted molar refractivity (Wildman–Crippen MR) is 83.7 cm³/mol. The molecule has 4 rings (SSSR count). The molecule has 1 heterocycles. The summed E-state index contributed by atoms with van der Waals surface area (Å²) >= 11 is 0. The third-order valence-corrected chi connectivity index (χ3v) is 4.18. The Kier molecular flexibility index (Phi) is 3.77. The van der Waals surface area contributed by atoms with E-state index in [0.717, 1.165) is 24.0 Å². The van der Waals surface area contributed by atoms with E-state index in [4.69, 9.17) is 14.5 Å². The van der Waals surface area contributed by atoms with Gasteiger partial charge in [0.25, 0.3) is 0 Å². The molecule has 1 aliphatic heterocycles. The Bertz CT molecular complexity index is 651. The molecular formula is C19H18O3. The summed E-state index contributed by atoms with van der Waals surface area (Å²) in [6.45, 7) is 0. The van der Waals surface area contributed by atoms with Crippen molar-refractivity contribution in [3.05, 3.63) is 77.9 Å². The molecule has 2 aromatic rings. The van der Waals surface area contributed by atoms with Crippen LogP contribution < -0.4 is 0 Å². The standard InChI is InChI=1S/C19H18O3/c1-3-8-14(9-4-1)16-12-7-13-17-18(16)21-22-19(20-17)15-10-5-2-6-11-15/h1-6,8-12,17-19H,7,13H2/t17-,18-,19?/m0/s1. The summed E-state index contributed by atoms with van der Waals surface area (Å²) in [6.07, 6.45) is 3.60. The number of rotatable bonds is 2. The lowest BCUT2D eigenvalue weighted by atomic mass is 9.88. The molecule has 1 aliphatic carbocycles. The van der Waals surface area contributed by atoms with Crippen LogP contribution in [-0.2, 0) is 14.5 Å². The lowest BCUT2D eigenvalue weighted by molar-refractivity contribution is -0.453. The molecule has 0 aromatic heterocycles. The highest BCUT2D eigenvalue weighted by atomic mass is 17.2. The highest BCUT2D eigenvalue weighted by Gasteiger charge is 2.38. The van der Waals surface area contributed by atoms with E-state index in [-0.39, 0.29) is 12.2 Å². The molecule has 112 valence electrons. The lowest BCUT2D eigenvalue weighted by Gasteiger charge is -2.38. The number of hydrogen-bond donors (Lipinski definition) is 0. The van der Waals surface area contributed by atoms with Crippen molar-refractivity contribution in [2.24, 2.45) is 0 Å². The van der Waals surface area contributed by atoms with Gasteiger partial charge >= 0.3 is 0 Å². The molecule has 2 aliphatic rings. The van der Waals surface area contributed by atoms with Gasteiger partial charge in [-0.2, -0.15) is 4.89 Å². The Morgan fingerprint density at radius 3 is 2.32 bits per heavy atom. The number of allylic oxidation sites excluding steroid dienone is 1. The highest BCUT2D eigenvalue weighted by Crippen LogP contribution is 2.38. The first kappa shape index (κ1) is 13.7. The third kappa shape index (κ3) is 2.59. The van der Waals surface area contributed by atoms with Gasteiger partial charge in [-0.3, -0.25) is 0 Å². The topological polar surface area (TPSA) is 27.7 Å². The molecular weight excluding hydrogens is 276 g/mol. The SMILES string of the molecule is C1=C(c2ccccc2)[C@@H]2OOC(c3ccccc3)O[C@H]2CC1. The average Bonchev–Trinajstić information content (AvgIpc) is 2.62. The van der Waals surface area contributed by atoms with Crippen molar-refractivity contribution in [1.82, 2.24) is 0 Å². The van der Waals surface area contributed by atoms with Crippen molar-refractivity contribution >= 4 is 5.57 Å². The average molecular weight is 294 g/mol. The van der Waals surface area contributed by atoms with Gasteiger partial charge in [-0.1, -0.05) is 66.7 Å². The normalized spacial score (nSPS) is 27.8. The Hall–Kier alpha value is -1.94. The van der Waals surface area contributed by atoms with Gasteiger partial charge in [-0.25, -0.2) is 4.89 Å². The minimum absolute atomic E-state index is 0.0270. The minimum Gasteiger partial charge on any atom is -0.339 e. The van der Waals surface area contributed by atoms with Crippen LogP contribution in [0, 0.1) is 0 Å². The fourth-order valence-corrected chi connectivity index (χ4v) is 3.07. The summed E-state index contributed by atoms with van der Waals surface area (Å²) < 4.78 is 6.14. The third-order valence-electron chi connectivity index (χ3n) is 4.18. The van der Waals surface area contributed by atoms with Crippen molar-refractivity contribution in [2.75, 3.05) is 0 Å². The van der Waals surface area contributed by atoms with E-state index in [1.807, 2.05) is 48.5 Å². The molecule has 1 saturated heterocycles. The van der Waals surface area contributed by atoms with Crippen LogP contribution in [0.4, 0.5) is 0 Å². The molecule has 0 saturated carbocycles. The van der Waals surface area contributed by atoms with E-state index < -0.39 is 6.29 Å². The Morgan fingerprint density at radius 2 is 1.55 bits per heavy atom. The van der Waals surface area contributed by atoms with Gasteiger partial charge in [0.1, 0.15) is 6.10 Å². The van der Waals surface area contributed by atoms with Crippen LogP contribution in [-0.4, -0.2) is 12.2 Å². The summed E-state index contributed by atoms with van der Waals surface area (Å²) in [6, 6.07) is 20.2. The smallest absolute Gasteiger partial charge is 0.217 e. The lowest BCUT2D eigenvalue weighted by Crippen LogP contribution is -2.41. The quantitative estimate of drug-likeness (QED) is 0.774. The van der Waals surface area contributed by atoms with Crippen LogP contribution in [0.15, 0.2) is 66.7 Å². The summed E-state index contributed by atoms with van der Waals surface area (Å²) in [4.78, 5) is 11.2. The molecule has 1 unspecified atom stereocenters. The zero-order valence-electron chi connectivity index (χ0n) is 12.2. The first-order valence-electron chi connectivity index (χ1n) is 7.70. The van der Waals surface area contributed by atoms with Gasteiger partial charge in [0.2, 0.25) is 6.29 Å². The monoisotopic (exact) mass is 294 g/mol. The molecule has 3 atom stereocenters. The van der Waals surface area contributed by atoms with Crippen LogP contribution in [0.5, 0.6) is 0 Å². The van der Waals surface area contributed by atoms with Gasteiger partial charge in [0.05, 0.1) is 6.10 Å². The largest absolute Gasteiger partial charge is 0.339 e. The molecule has 0 radical (unpaired) electrons. The van der Waals surface area contributed by atoms with E-state index in [0.29, 0.717) is 0 Å². The maximum absolute atomic E-state index is 6.14. The maximum atomic E-state index is 6.14. The van der Waals surface area contributed by atoms with Crippen molar-refractivity contribution in [3.63, 3.8) is 0 Å². The molecule has 3 nitrogen and oxygen atoms in total. The second-order valence-corrected chi connectivity index (χ2v) is 5.63. The molecule has 3 heteroatoms. The summed E-state index contributed by atoms with van der Waals surface area (Å²) in [7, 11) is 0. The highest BCUT2D eigenvalue weighted by molar-refractivity contribution is 5.70. The van der Waals surface area contributed by atoms with Crippen LogP contribution in [0.1, 0.15) is 30.3 Å². The van der Waals surface area contributed by atoms with Gasteiger partial charge < -0.3 is 4.74 Å². The van der Waals surface area contributed by atoms with E-state index in [1.165, 1.54) is 5.56 Å². The molecule has 2 aromatic carbocycles. The van der Waals surface area contributed by atoms with Gasteiger partial charge in [0, 0.05) is 5.56 Å². The van der Waals surface area contributed by atoms with Crippen LogP contribution in [0.2, 0.25) is 0 Å². The van der Waals surface area contributed by atoms with Crippen molar-refractivity contribution in [3.8, 4) is 0 Å². The number of benzene rings is 2. The summed E-state index contributed by atoms with van der Waals surface area (Å²) in [5.41, 5.74) is 3.31. The zero-order chi connectivity index (χ0) is 14.8. The Morgan fingerprint density at radius 1 is 0.818 bits per heavy atom. The molecule has 0 amide bonds. The number of ether oxygens (including phenoxy) is 1. The van der Waals surface area contributed by atoms with Gasteiger partial charge in [-0.05, 0) is 24.0 Å². The van der Waals surface area contributed by atoms with Crippen molar-refractivity contribution in [2.45, 2.75) is 31.3 Å². The van der Waals surface area contributed by atoms with E-state index in [1.54, 1.807) is 0 Å². The van der Waals surface area contributed by atoms with E-state index in [2.05, 4.69) is 18.2 Å².